The molecule has 1 aliphatic heterocycles. The molecule has 116 valence electrons. The molecule has 21 heavy (non-hydrogen) atoms. The van der Waals surface area contributed by atoms with E-state index in [2.05, 4.69) is 26.1 Å². The van der Waals surface area contributed by atoms with E-state index in [0.29, 0.717) is 6.04 Å². The Balaban J connectivity index is 1.71. The molecule has 1 aliphatic carbocycles. The lowest BCUT2D eigenvalue weighted by molar-refractivity contribution is 0.0859. The lowest BCUT2D eigenvalue weighted by Crippen LogP contribution is -2.54. The van der Waals surface area contributed by atoms with E-state index in [0.717, 1.165) is 42.1 Å². The standard InChI is InChI=1S/C17H24BrFN2/c18-15-8-13(9-16(19)10-15)12-21-7-6-20-11-17(21)14-4-2-1-3-5-14/h8-10,14,17,20H,1-7,11-12H2. The SMILES string of the molecule is Fc1cc(Br)cc(CN2CCNCC2C2CCCCC2)c1. The number of halogens is 2. The zero-order valence-corrected chi connectivity index (χ0v) is 14.0. The van der Waals surface area contributed by atoms with E-state index >= 15 is 0 Å². The summed E-state index contributed by atoms with van der Waals surface area (Å²) in [4.78, 5) is 2.56. The summed E-state index contributed by atoms with van der Waals surface area (Å²) in [7, 11) is 0. The van der Waals surface area contributed by atoms with Crippen LogP contribution >= 0.6 is 15.9 Å². The summed E-state index contributed by atoms with van der Waals surface area (Å²) in [6.07, 6.45) is 6.86. The molecule has 4 heteroatoms. The Hall–Kier alpha value is -0.450. The molecule has 0 aromatic heterocycles. The molecule has 1 aromatic rings. The molecule has 2 fully saturated rings. The summed E-state index contributed by atoms with van der Waals surface area (Å²) >= 11 is 3.40. The number of hydrogen-bond donors (Lipinski definition) is 1. The fourth-order valence-electron chi connectivity index (χ4n) is 3.88. The van der Waals surface area contributed by atoms with Crippen LogP contribution in [0.15, 0.2) is 22.7 Å². The summed E-state index contributed by atoms with van der Waals surface area (Å²) < 4.78 is 14.4. The molecular formula is C17H24BrFN2. The molecule has 0 bridgehead atoms. The highest BCUT2D eigenvalue weighted by Gasteiger charge is 2.30. The Morgan fingerprint density at radius 1 is 1.19 bits per heavy atom. The van der Waals surface area contributed by atoms with Gasteiger partial charge >= 0.3 is 0 Å². The fourth-order valence-corrected chi connectivity index (χ4v) is 4.40. The van der Waals surface area contributed by atoms with Crippen LogP contribution in [0.25, 0.3) is 0 Å². The highest BCUT2D eigenvalue weighted by molar-refractivity contribution is 9.10. The highest BCUT2D eigenvalue weighted by atomic mass is 79.9. The van der Waals surface area contributed by atoms with Crippen molar-refractivity contribution < 1.29 is 4.39 Å². The summed E-state index contributed by atoms with van der Waals surface area (Å²) in [5.74, 6) is 0.660. The molecule has 0 spiro atoms. The monoisotopic (exact) mass is 354 g/mol. The highest BCUT2D eigenvalue weighted by Crippen LogP contribution is 2.30. The number of benzene rings is 1. The minimum atomic E-state index is -0.149. The van der Waals surface area contributed by atoms with Gasteiger partial charge in [-0.1, -0.05) is 35.2 Å². The minimum absolute atomic E-state index is 0.149. The van der Waals surface area contributed by atoms with Crippen LogP contribution in [0.3, 0.4) is 0 Å². The predicted molar refractivity (Wildman–Crippen MR) is 87.7 cm³/mol. The summed E-state index contributed by atoms with van der Waals surface area (Å²) in [5.41, 5.74) is 1.07. The predicted octanol–water partition coefficient (Wildman–Crippen LogP) is 3.94. The quantitative estimate of drug-likeness (QED) is 0.884. The molecule has 2 nitrogen and oxygen atoms in total. The van der Waals surface area contributed by atoms with Crippen LogP contribution in [0.5, 0.6) is 0 Å². The second kappa shape index (κ2) is 7.21. The van der Waals surface area contributed by atoms with Crippen molar-refractivity contribution in [1.82, 2.24) is 10.2 Å². The van der Waals surface area contributed by atoms with Crippen LogP contribution in [0, 0.1) is 11.7 Å². The molecule has 1 saturated carbocycles. The zero-order chi connectivity index (χ0) is 14.7. The van der Waals surface area contributed by atoms with Gasteiger partial charge in [0, 0.05) is 36.7 Å². The van der Waals surface area contributed by atoms with Gasteiger partial charge in [-0.25, -0.2) is 4.39 Å². The van der Waals surface area contributed by atoms with Gasteiger partial charge in [0.2, 0.25) is 0 Å². The second-order valence-electron chi connectivity index (χ2n) is 6.42. The average Bonchev–Trinajstić information content (AvgIpc) is 2.48. The largest absolute Gasteiger partial charge is 0.314 e. The number of nitrogens with zero attached hydrogens (tertiary/aromatic N) is 1. The number of hydrogen-bond acceptors (Lipinski definition) is 2. The molecule has 1 atom stereocenters. The first-order valence-corrected chi connectivity index (χ1v) is 8.91. The van der Waals surface area contributed by atoms with E-state index < -0.39 is 0 Å². The third-order valence-corrected chi connectivity index (χ3v) is 5.36. The second-order valence-corrected chi connectivity index (χ2v) is 7.33. The van der Waals surface area contributed by atoms with Gasteiger partial charge in [0.05, 0.1) is 0 Å². The summed E-state index contributed by atoms with van der Waals surface area (Å²) in [6.45, 7) is 4.05. The molecular weight excluding hydrogens is 331 g/mol. The molecule has 1 saturated heterocycles. The van der Waals surface area contributed by atoms with Crippen LogP contribution < -0.4 is 5.32 Å². The van der Waals surface area contributed by atoms with E-state index in [9.17, 15) is 4.39 Å². The first-order valence-electron chi connectivity index (χ1n) is 8.12. The first kappa shape index (κ1) is 15.4. The fraction of sp³-hybridized carbons (Fsp3) is 0.647. The van der Waals surface area contributed by atoms with Crippen molar-refractivity contribution in [2.45, 2.75) is 44.7 Å². The van der Waals surface area contributed by atoms with Crippen molar-refractivity contribution >= 4 is 15.9 Å². The molecule has 0 amide bonds. The first-order chi connectivity index (χ1) is 10.2. The number of nitrogens with one attached hydrogen (secondary N) is 1. The number of piperazine rings is 1. The summed E-state index contributed by atoms with van der Waals surface area (Å²) in [6, 6.07) is 5.86. The third-order valence-electron chi connectivity index (χ3n) is 4.90. The van der Waals surface area contributed by atoms with E-state index in [4.69, 9.17) is 0 Å². The van der Waals surface area contributed by atoms with Crippen molar-refractivity contribution in [1.29, 1.82) is 0 Å². The van der Waals surface area contributed by atoms with Gasteiger partial charge < -0.3 is 5.32 Å². The van der Waals surface area contributed by atoms with Gasteiger partial charge in [0.1, 0.15) is 5.82 Å². The molecule has 1 N–H and O–H groups in total. The molecule has 3 rings (SSSR count). The maximum atomic E-state index is 13.6. The van der Waals surface area contributed by atoms with E-state index in [-0.39, 0.29) is 5.82 Å². The Kier molecular flexibility index (Phi) is 5.30. The Morgan fingerprint density at radius 2 is 2.00 bits per heavy atom. The van der Waals surface area contributed by atoms with Gasteiger partial charge in [0.15, 0.2) is 0 Å². The van der Waals surface area contributed by atoms with Gasteiger partial charge in [-0.2, -0.15) is 0 Å². The topological polar surface area (TPSA) is 15.3 Å². The van der Waals surface area contributed by atoms with Gasteiger partial charge in [0.25, 0.3) is 0 Å². The number of rotatable bonds is 3. The Morgan fingerprint density at radius 3 is 2.76 bits per heavy atom. The minimum Gasteiger partial charge on any atom is -0.314 e. The van der Waals surface area contributed by atoms with Crippen LogP contribution in [-0.4, -0.2) is 30.6 Å². The zero-order valence-electron chi connectivity index (χ0n) is 12.5. The van der Waals surface area contributed by atoms with Crippen molar-refractivity contribution in [3.63, 3.8) is 0 Å². The molecule has 0 radical (unpaired) electrons. The van der Waals surface area contributed by atoms with Crippen molar-refractivity contribution in [3.8, 4) is 0 Å². The van der Waals surface area contributed by atoms with E-state index in [1.807, 2.05) is 6.07 Å². The third kappa shape index (κ3) is 4.05. The normalized spacial score (nSPS) is 25.1. The van der Waals surface area contributed by atoms with Crippen LogP contribution in [0.1, 0.15) is 37.7 Å². The maximum absolute atomic E-state index is 13.6. The van der Waals surface area contributed by atoms with E-state index in [1.165, 1.54) is 38.2 Å². The molecule has 1 unspecified atom stereocenters. The summed E-state index contributed by atoms with van der Waals surface area (Å²) in [5, 5.41) is 3.55. The Labute approximate surface area is 135 Å². The van der Waals surface area contributed by atoms with Crippen molar-refractivity contribution in [2.24, 2.45) is 5.92 Å². The van der Waals surface area contributed by atoms with Crippen LogP contribution in [-0.2, 0) is 6.54 Å². The maximum Gasteiger partial charge on any atom is 0.124 e. The van der Waals surface area contributed by atoms with Crippen molar-refractivity contribution in [3.05, 3.63) is 34.1 Å². The van der Waals surface area contributed by atoms with Gasteiger partial charge in [-0.05, 0) is 42.5 Å². The molecule has 2 aliphatic rings. The molecule has 1 aromatic carbocycles. The lowest BCUT2D eigenvalue weighted by atomic mass is 9.82. The van der Waals surface area contributed by atoms with E-state index in [1.54, 1.807) is 6.07 Å². The van der Waals surface area contributed by atoms with Crippen molar-refractivity contribution in [2.75, 3.05) is 19.6 Å². The Bertz CT molecular complexity index is 454. The van der Waals surface area contributed by atoms with Gasteiger partial charge in [-0.15, -0.1) is 0 Å². The van der Waals surface area contributed by atoms with Crippen LogP contribution in [0.2, 0.25) is 0 Å². The molecule has 1 heterocycles. The van der Waals surface area contributed by atoms with Crippen LogP contribution in [0.4, 0.5) is 4.39 Å². The lowest BCUT2D eigenvalue weighted by Gasteiger charge is -2.42. The average molecular weight is 355 g/mol. The van der Waals surface area contributed by atoms with Gasteiger partial charge in [-0.3, -0.25) is 4.90 Å². The smallest absolute Gasteiger partial charge is 0.124 e.